The van der Waals surface area contributed by atoms with Gasteiger partial charge >= 0.3 is 6.09 Å². The minimum Gasteiger partial charge on any atom is -0.442 e. The summed E-state index contributed by atoms with van der Waals surface area (Å²) in [6.45, 7) is 5.22. The summed E-state index contributed by atoms with van der Waals surface area (Å²) in [6.07, 6.45) is -0.681. The molecule has 0 aliphatic rings. The van der Waals surface area contributed by atoms with Gasteiger partial charge in [0.25, 0.3) is 0 Å². The van der Waals surface area contributed by atoms with Crippen LogP contribution in [0.5, 0.6) is 0 Å². The first-order chi connectivity index (χ1) is 7.29. The molecule has 0 aliphatic carbocycles. The number of carbonyl (C=O) groups excluding carboxylic acids is 1. The number of amides is 1. The minimum absolute atomic E-state index is 0.371. The van der Waals surface area contributed by atoms with Crippen molar-refractivity contribution in [1.82, 2.24) is 0 Å². The highest BCUT2D eigenvalue weighted by atomic mass is 19.1. The topological polar surface area (TPSA) is 55.6 Å². The number of rotatable bonds is 1. The smallest absolute Gasteiger partial charge is 0.429 e. The Morgan fingerprint density at radius 1 is 1.31 bits per heavy atom. The molecule has 88 valence electrons. The average molecular weight is 226 g/mol. The van der Waals surface area contributed by atoms with Gasteiger partial charge in [-0.25, -0.2) is 20.0 Å². The fraction of sp³-hybridized carbons (Fsp3) is 0.364. The second-order valence-electron chi connectivity index (χ2n) is 4.33. The molecule has 2 N–H and O–H groups in total. The Balaban J connectivity index is 2.74. The standard InChI is InChI=1S/C11H15FN2O2/c1-11(2,3)16-10(15)14(13)9-6-4-8(12)5-7-9/h4-7H,13H2,1-3H3. The highest BCUT2D eigenvalue weighted by Crippen LogP contribution is 2.15. The largest absolute Gasteiger partial charge is 0.442 e. The van der Waals surface area contributed by atoms with Crippen molar-refractivity contribution in [3.8, 4) is 0 Å². The van der Waals surface area contributed by atoms with E-state index in [1.165, 1.54) is 24.3 Å². The van der Waals surface area contributed by atoms with Crippen molar-refractivity contribution in [2.24, 2.45) is 5.84 Å². The van der Waals surface area contributed by atoms with E-state index >= 15 is 0 Å². The molecule has 0 fully saturated rings. The van der Waals surface area contributed by atoms with E-state index in [-0.39, 0.29) is 5.82 Å². The van der Waals surface area contributed by atoms with Crippen molar-refractivity contribution in [3.63, 3.8) is 0 Å². The highest BCUT2D eigenvalue weighted by molar-refractivity contribution is 5.86. The van der Waals surface area contributed by atoms with Gasteiger partial charge in [-0.2, -0.15) is 0 Å². The molecular weight excluding hydrogens is 211 g/mol. The Kier molecular flexibility index (Phi) is 3.49. The van der Waals surface area contributed by atoms with Crippen molar-refractivity contribution in [2.75, 3.05) is 5.01 Å². The van der Waals surface area contributed by atoms with Crippen LogP contribution in [0.25, 0.3) is 0 Å². The average Bonchev–Trinajstić information content (AvgIpc) is 2.15. The van der Waals surface area contributed by atoms with Crippen LogP contribution in [0.4, 0.5) is 14.9 Å². The normalized spacial score (nSPS) is 11.1. The number of hydrogen-bond acceptors (Lipinski definition) is 3. The molecule has 1 aromatic rings. The van der Waals surface area contributed by atoms with E-state index in [4.69, 9.17) is 10.6 Å². The SMILES string of the molecule is CC(C)(C)OC(=O)N(N)c1ccc(F)cc1. The van der Waals surface area contributed by atoms with Crippen molar-refractivity contribution < 1.29 is 13.9 Å². The lowest BCUT2D eigenvalue weighted by Gasteiger charge is -2.24. The van der Waals surface area contributed by atoms with Crippen LogP contribution in [0.2, 0.25) is 0 Å². The third-order valence-electron chi connectivity index (χ3n) is 1.69. The maximum atomic E-state index is 12.6. The van der Waals surface area contributed by atoms with Crippen LogP contribution in [-0.4, -0.2) is 11.7 Å². The van der Waals surface area contributed by atoms with Crippen LogP contribution in [0, 0.1) is 5.82 Å². The summed E-state index contributed by atoms with van der Waals surface area (Å²) in [7, 11) is 0. The van der Waals surface area contributed by atoms with Crippen LogP contribution < -0.4 is 10.9 Å². The van der Waals surface area contributed by atoms with Crippen LogP contribution in [-0.2, 0) is 4.74 Å². The first kappa shape index (κ1) is 12.4. The zero-order valence-corrected chi connectivity index (χ0v) is 9.53. The predicted octanol–water partition coefficient (Wildman–Crippen LogP) is 2.44. The Morgan fingerprint density at radius 3 is 2.25 bits per heavy atom. The summed E-state index contributed by atoms with van der Waals surface area (Å²) < 4.78 is 17.7. The maximum absolute atomic E-state index is 12.6. The minimum atomic E-state index is -0.681. The molecule has 1 amide bonds. The van der Waals surface area contributed by atoms with Gasteiger partial charge in [0.15, 0.2) is 0 Å². The van der Waals surface area contributed by atoms with Gasteiger partial charge in [-0.1, -0.05) is 0 Å². The number of benzene rings is 1. The third-order valence-corrected chi connectivity index (χ3v) is 1.69. The molecule has 4 nitrogen and oxygen atoms in total. The molecule has 0 aromatic heterocycles. The van der Waals surface area contributed by atoms with Gasteiger partial charge in [0.05, 0.1) is 5.69 Å². The van der Waals surface area contributed by atoms with Crippen molar-refractivity contribution in [3.05, 3.63) is 30.1 Å². The van der Waals surface area contributed by atoms with E-state index in [0.717, 1.165) is 5.01 Å². The van der Waals surface area contributed by atoms with Crippen LogP contribution >= 0.6 is 0 Å². The summed E-state index contributed by atoms with van der Waals surface area (Å²) in [5.41, 5.74) is -0.245. The predicted molar refractivity (Wildman–Crippen MR) is 59.3 cm³/mol. The fourth-order valence-corrected chi connectivity index (χ4v) is 1.02. The first-order valence-electron chi connectivity index (χ1n) is 4.83. The number of hydrazine groups is 1. The van der Waals surface area contributed by atoms with Crippen LogP contribution in [0.3, 0.4) is 0 Å². The Morgan fingerprint density at radius 2 is 1.81 bits per heavy atom. The number of ether oxygens (including phenoxy) is 1. The summed E-state index contributed by atoms with van der Waals surface area (Å²) in [6, 6.07) is 5.25. The van der Waals surface area contributed by atoms with E-state index in [1.54, 1.807) is 20.8 Å². The van der Waals surface area contributed by atoms with Crippen molar-refractivity contribution >= 4 is 11.8 Å². The number of halogens is 1. The maximum Gasteiger partial charge on any atom is 0.429 e. The van der Waals surface area contributed by atoms with Gasteiger partial charge in [-0.3, -0.25) is 0 Å². The summed E-state index contributed by atoms with van der Waals surface area (Å²) >= 11 is 0. The number of nitrogens with zero attached hydrogens (tertiary/aromatic N) is 1. The lowest BCUT2D eigenvalue weighted by atomic mass is 10.2. The summed E-state index contributed by atoms with van der Waals surface area (Å²) in [5, 5.41) is 0.838. The molecule has 0 saturated carbocycles. The molecule has 0 unspecified atom stereocenters. The highest BCUT2D eigenvalue weighted by Gasteiger charge is 2.20. The molecule has 0 aliphatic heterocycles. The molecule has 0 bridgehead atoms. The van der Waals surface area contributed by atoms with E-state index in [0.29, 0.717) is 5.69 Å². The van der Waals surface area contributed by atoms with Crippen LogP contribution in [0.15, 0.2) is 24.3 Å². The Bertz CT molecular complexity index is 371. The van der Waals surface area contributed by atoms with E-state index in [1.807, 2.05) is 0 Å². The second kappa shape index (κ2) is 4.49. The first-order valence-corrected chi connectivity index (χ1v) is 4.83. The molecule has 1 rings (SSSR count). The van der Waals surface area contributed by atoms with Gasteiger partial charge in [-0.05, 0) is 45.0 Å². The number of nitrogens with two attached hydrogens (primary N) is 1. The summed E-state index contributed by atoms with van der Waals surface area (Å²) in [5.74, 6) is 5.14. The second-order valence-corrected chi connectivity index (χ2v) is 4.33. The number of anilines is 1. The Hall–Kier alpha value is -1.62. The molecule has 0 saturated heterocycles. The molecule has 0 spiro atoms. The molecular formula is C11H15FN2O2. The fourth-order valence-electron chi connectivity index (χ4n) is 1.02. The van der Waals surface area contributed by atoms with Gasteiger partial charge in [0.1, 0.15) is 11.4 Å². The van der Waals surface area contributed by atoms with Gasteiger partial charge in [0, 0.05) is 0 Å². The third kappa shape index (κ3) is 3.51. The van der Waals surface area contributed by atoms with Gasteiger partial charge in [-0.15, -0.1) is 0 Å². The molecule has 16 heavy (non-hydrogen) atoms. The van der Waals surface area contributed by atoms with E-state index in [2.05, 4.69) is 0 Å². The summed E-state index contributed by atoms with van der Waals surface area (Å²) in [4.78, 5) is 11.5. The zero-order valence-electron chi connectivity index (χ0n) is 9.53. The quantitative estimate of drug-likeness (QED) is 0.454. The van der Waals surface area contributed by atoms with E-state index < -0.39 is 11.7 Å². The molecule has 0 atom stereocenters. The van der Waals surface area contributed by atoms with Crippen molar-refractivity contribution in [2.45, 2.75) is 26.4 Å². The molecule has 1 aromatic carbocycles. The Labute approximate surface area is 93.8 Å². The van der Waals surface area contributed by atoms with E-state index in [9.17, 15) is 9.18 Å². The van der Waals surface area contributed by atoms with Gasteiger partial charge < -0.3 is 4.74 Å². The number of hydrogen-bond donors (Lipinski definition) is 1. The monoisotopic (exact) mass is 226 g/mol. The lowest BCUT2D eigenvalue weighted by molar-refractivity contribution is 0.0580. The van der Waals surface area contributed by atoms with Crippen molar-refractivity contribution in [1.29, 1.82) is 0 Å². The molecule has 0 heterocycles. The number of carbonyl (C=O) groups is 1. The zero-order chi connectivity index (χ0) is 12.3. The lowest BCUT2D eigenvalue weighted by Crippen LogP contribution is -2.41. The van der Waals surface area contributed by atoms with Gasteiger partial charge in [0.2, 0.25) is 0 Å². The van der Waals surface area contributed by atoms with Crippen LogP contribution in [0.1, 0.15) is 20.8 Å². The molecule has 0 radical (unpaired) electrons. The molecule has 5 heteroatoms.